The zero-order valence-corrected chi connectivity index (χ0v) is 48.7. The molecule has 72 heavy (non-hydrogen) atoms. The molecule has 3 N–H and O–H groups in total. The van der Waals surface area contributed by atoms with Crippen molar-refractivity contribution in [1.82, 2.24) is 5.32 Å². The van der Waals surface area contributed by atoms with Gasteiger partial charge in [0.1, 0.15) is 0 Å². The molecule has 426 valence electrons. The highest BCUT2D eigenvalue weighted by atomic mass is 16.5. The van der Waals surface area contributed by atoms with Gasteiger partial charge in [0, 0.05) is 12.8 Å². The number of rotatable bonds is 61. The van der Waals surface area contributed by atoms with E-state index in [1.807, 2.05) is 0 Å². The second-order valence-corrected chi connectivity index (χ2v) is 22.5. The molecule has 1 amide bonds. The molecular formula is C66H127NO5. The van der Waals surface area contributed by atoms with Crippen molar-refractivity contribution in [3.05, 3.63) is 24.3 Å². The Kier molecular flexibility index (Phi) is 60.5. The summed E-state index contributed by atoms with van der Waals surface area (Å²) in [6.45, 7) is 4.95. The SMILES string of the molecule is CCCCC/C=C\C/C=C\CCCCCCCCCC(=O)OCCCCCCCCCCCCCCCCCCCCCCCCCCCC(=O)NC(CO)C(O)CCCCCCCCCCCCCCC. The maximum absolute atomic E-state index is 12.5. The van der Waals surface area contributed by atoms with E-state index < -0.39 is 12.1 Å². The fourth-order valence-corrected chi connectivity index (χ4v) is 10.3. The maximum atomic E-state index is 12.5. The van der Waals surface area contributed by atoms with Crippen molar-refractivity contribution >= 4 is 11.9 Å². The molecule has 0 bridgehead atoms. The standard InChI is InChI=1S/C66H127NO5/c1-3-5-7-9-11-13-15-17-18-28-32-36-40-44-48-52-56-60-66(71)72-61-57-53-49-45-41-37-33-30-27-25-23-21-19-20-22-24-26-29-31-35-39-43-47-51-55-59-65(70)67-63(62-68)64(69)58-54-50-46-42-38-34-16-14-12-10-8-6-4-2/h11,13,17-18,63-64,68-69H,3-10,12,14-16,19-62H2,1-2H3,(H,67,70)/b13-11-,18-17-. The Morgan fingerprint density at radius 1 is 0.389 bits per heavy atom. The van der Waals surface area contributed by atoms with Gasteiger partial charge in [-0.25, -0.2) is 0 Å². The van der Waals surface area contributed by atoms with Crippen molar-refractivity contribution in [3.8, 4) is 0 Å². The fraction of sp³-hybridized carbons (Fsp3) is 0.909. The molecule has 2 unspecified atom stereocenters. The first-order chi connectivity index (χ1) is 35.5. The van der Waals surface area contributed by atoms with Crippen LogP contribution in [0.3, 0.4) is 0 Å². The van der Waals surface area contributed by atoms with Crippen LogP contribution in [-0.2, 0) is 14.3 Å². The summed E-state index contributed by atoms with van der Waals surface area (Å²) < 4.78 is 5.49. The number of esters is 1. The largest absolute Gasteiger partial charge is 0.466 e. The van der Waals surface area contributed by atoms with Gasteiger partial charge >= 0.3 is 5.97 Å². The van der Waals surface area contributed by atoms with Crippen molar-refractivity contribution in [3.63, 3.8) is 0 Å². The minimum Gasteiger partial charge on any atom is -0.466 e. The van der Waals surface area contributed by atoms with Gasteiger partial charge in [-0.2, -0.15) is 0 Å². The summed E-state index contributed by atoms with van der Waals surface area (Å²) in [5, 5.41) is 23.3. The first-order valence-corrected chi connectivity index (χ1v) is 32.6. The van der Waals surface area contributed by atoms with E-state index in [1.54, 1.807) is 0 Å². The van der Waals surface area contributed by atoms with Crippen molar-refractivity contribution in [2.45, 2.75) is 373 Å². The first-order valence-electron chi connectivity index (χ1n) is 32.6. The minimum absolute atomic E-state index is 0.00910. The highest BCUT2D eigenvalue weighted by Gasteiger charge is 2.20. The van der Waals surface area contributed by atoms with Gasteiger partial charge in [0.2, 0.25) is 5.91 Å². The maximum Gasteiger partial charge on any atom is 0.305 e. The zero-order valence-electron chi connectivity index (χ0n) is 48.7. The van der Waals surface area contributed by atoms with Crippen LogP contribution < -0.4 is 5.32 Å². The average Bonchev–Trinajstić information content (AvgIpc) is 3.38. The van der Waals surface area contributed by atoms with E-state index in [9.17, 15) is 19.8 Å². The smallest absolute Gasteiger partial charge is 0.305 e. The Labute approximate surface area is 450 Å². The number of unbranched alkanes of at least 4 members (excludes halogenated alkanes) is 46. The molecule has 0 saturated heterocycles. The van der Waals surface area contributed by atoms with E-state index in [2.05, 4.69) is 43.5 Å². The third-order valence-electron chi connectivity index (χ3n) is 15.3. The van der Waals surface area contributed by atoms with E-state index in [1.165, 1.54) is 276 Å². The van der Waals surface area contributed by atoms with Crippen LogP contribution in [0.25, 0.3) is 0 Å². The molecule has 0 aliphatic heterocycles. The lowest BCUT2D eigenvalue weighted by Crippen LogP contribution is -2.45. The molecule has 0 rings (SSSR count). The Balaban J connectivity index is 3.34. The zero-order chi connectivity index (χ0) is 52.2. The number of ether oxygens (including phenoxy) is 1. The van der Waals surface area contributed by atoms with Gasteiger partial charge in [0.25, 0.3) is 0 Å². The Hall–Kier alpha value is -1.66. The van der Waals surface area contributed by atoms with Crippen molar-refractivity contribution in [1.29, 1.82) is 0 Å². The average molecular weight is 1010 g/mol. The lowest BCUT2D eigenvalue weighted by molar-refractivity contribution is -0.143. The summed E-state index contributed by atoms with van der Waals surface area (Å²) in [6.07, 6.45) is 76.3. The number of aliphatic hydroxyl groups is 2. The highest BCUT2D eigenvalue weighted by Crippen LogP contribution is 2.18. The van der Waals surface area contributed by atoms with Gasteiger partial charge in [-0.15, -0.1) is 0 Å². The molecule has 0 aromatic heterocycles. The molecular weight excluding hydrogens is 887 g/mol. The first kappa shape index (κ1) is 70.3. The van der Waals surface area contributed by atoms with Crippen LogP contribution in [0.15, 0.2) is 24.3 Å². The monoisotopic (exact) mass is 1010 g/mol. The van der Waals surface area contributed by atoms with Gasteiger partial charge in [-0.1, -0.05) is 314 Å². The van der Waals surface area contributed by atoms with Crippen molar-refractivity contribution in [2.75, 3.05) is 13.2 Å². The molecule has 0 aliphatic rings. The summed E-state index contributed by atoms with van der Waals surface area (Å²) in [7, 11) is 0. The Morgan fingerprint density at radius 3 is 1.08 bits per heavy atom. The normalized spacial score (nSPS) is 12.7. The summed E-state index contributed by atoms with van der Waals surface area (Å²) in [5.41, 5.74) is 0. The molecule has 0 aliphatic carbocycles. The molecule has 0 saturated carbocycles. The highest BCUT2D eigenvalue weighted by molar-refractivity contribution is 5.76. The molecule has 6 nitrogen and oxygen atoms in total. The van der Waals surface area contributed by atoms with Crippen LogP contribution in [0.4, 0.5) is 0 Å². The van der Waals surface area contributed by atoms with Gasteiger partial charge in [-0.05, 0) is 57.8 Å². The topological polar surface area (TPSA) is 95.9 Å². The molecule has 0 fully saturated rings. The van der Waals surface area contributed by atoms with Gasteiger partial charge in [0.15, 0.2) is 0 Å². The third-order valence-corrected chi connectivity index (χ3v) is 15.3. The summed E-state index contributed by atoms with van der Waals surface area (Å²) in [6, 6.07) is -0.539. The lowest BCUT2D eigenvalue weighted by Gasteiger charge is -2.22. The second-order valence-electron chi connectivity index (χ2n) is 22.5. The van der Waals surface area contributed by atoms with Crippen LogP contribution in [0.5, 0.6) is 0 Å². The van der Waals surface area contributed by atoms with Crippen LogP contribution in [-0.4, -0.2) is 47.4 Å². The number of amides is 1. The Bertz CT molecular complexity index is 1120. The van der Waals surface area contributed by atoms with Crippen molar-refractivity contribution < 1.29 is 24.5 Å². The molecule has 2 atom stereocenters. The van der Waals surface area contributed by atoms with E-state index in [0.717, 1.165) is 51.4 Å². The molecule has 0 spiro atoms. The lowest BCUT2D eigenvalue weighted by atomic mass is 10.0. The molecule has 6 heteroatoms. The molecule has 0 aromatic carbocycles. The van der Waals surface area contributed by atoms with E-state index in [0.29, 0.717) is 25.9 Å². The number of carbonyl (C=O) groups excluding carboxylic acids is 2. The quantitative estimate of drug-likeness (QED) is 0.0320. The number of hydrogen-bond donors (Lipinski definition) is 3. The summed E-state index contributed by atoms with van der Waals surface area (Å²) in [4.78, 5) is 24.6. The minimum atomic E-state index is -0.662. The molecule has 0 heterocycles. The van der Waals surface area contributed by atoms with Crippen molar-refractivity contribution in [2.24, 2.45) is 0 Å². The predicted octanol–water partition coefficient (Wildman–Crippen LogP) is 20.6. The number of nitrogens with one attached hydrogen (secondary N) is 1. The summed E-state index contributed by atoms with van der Waals surface area (Å²) in [5.74, 6) is -0.0227. The third kappa shape index (κ3) is 57.6. The van der Waals surface area contributed by atoms with Crippen LogP contribution >= 0.6 is 0 Å². The van der Waals surface area contributed by atoms with E-state index in [4.69, 9.17) is 4.74 Å². The van der Waals surface area contributed by atoms with Gasteiger partial charge in [-0.3, -0.25) is 9.59 Å². The second kappa shape index (κ2) is 61.9. The number of hydrogen-bond acceptors (Lipinski definition) is 5. The van der Waals surface area contributed by atoms with E-state index in [-0.39, 0.29) is 18.5 Å². The molecule has 0 radical (unpaired) electrons. The number of aliphatic hydroxyl groups excluding tert-OH is 2. The summed E-state index contributed by atoms with van der Waals surface area (Å²) >= 11 is 0. The van der Waals surface area contributed by atoms with Gasteiger partial charge in [0.05, 0.1) is 25.4 Å². The number of allylic oxidation sites excluding steroid dienone is 4. The van der Waals surface area contributed by atoms with Crippen LogP contribution in [0.1, 0.15) is 361 Å². The van der Waals surface area contributed by atoms with Gasteiger partial charge < -0.3 is 20.3 Å². The molecule has 0 aromatic rings. The Morgan fingerprint density at radius 2 is 0.694 bits per heavy atom. The number of carbonyl (C=O) groups is 2. The predicted molar refractivity (Wildman–Crippen MR) is 315 cm³/mol. The fourth-order valence-electron chi connectivity index (χ4n) is 10.3. The van der Waals surface area contributed by atoms with Crippen LogP contribution in [0.2, 0.25) is 0 Å². The van der Waals surface area contributed by atoms with Crippen LogP contribution in [0, 0.1) is 0 Å². The van der Waals surface area contributed by atoms with E-state index >= 15 is 0 Å².